The Morgan fingerprint density at radius 2 is 0.904 bits per heavy atom. The van der Waals surface area contributed by atoms with E-state index in [2.05, 4.69) is 236 Å². The number of benzene rings is 11. The van der Waals surface area contributed by atoms with Crippen molar-refractivity contribution in [1.82, 2.24) is 4.57 Å². The molecule has 4 heteroatoms. The van der Waals surface area contributed by atoms with E-state index in [0.29, 0.717) is 0 Å². The molecule has 13 rings (SSSR count). The highest BCUT2D eigenvalue weighted by atomic mass is 31.1. The minimum atomic E-state index is -0.746. The van der Waals surface area contributed by atoms with Gasteiger partial charge in [-0.25, -0.2) is 0 Å². The Bertz CT molecular complexity index is 4060. The molecule has 0 spiro atoms. The molecule has 0 saturated carbocycles. The molecule has 0 bridgehead atoms. The fourth-order valence-electron chi connectivity index (χ4n) is 10.1. The Morgan fingerprint density at radius 3 is 1.59 bits per heavy atom. The van der Waals surface area contributed by atoms with Gasteiger partial charge in [-0.1, -0.05) is 194 Å². The molecular weight excluding hydrogens is 906 g/mol. The number of fused-ring (bicyclic) bond motifs is 6. The van der Waals surface area contributed by atoms with Crippen molar-refractivity contribution in [2.45, 2.75) is 6.92 Å². The van der Waals surface area contributed by atoms with E-state index >= 15 is 0 Å². The lowest BCUT2D eigenvalue weighted by molar-refractivity contribution is 0.483. The summed E-state index contributed by atoms with van der Waals surface area (Å²) in [5.74, 6) is 1.63. The molecule has 0 atom stereocenters. The van der Waals surface area contributed by atoms with Crippen LogP contribution in [0.3, 0.4) is 0 Å². The van der Waals surface area contributed by atoms with Crippen LogP contribution in [-0.2, 0) is 0 Å². The first-order valence-corrected chi connectivity index (χ1v) is 26.1. The van der Waals surface area contributed by atoms with Crippen molar-refractivity contribution in [2.24, 2.45) is 0 Å². The van der Waals surface area contributed by atoms with E-state index in [4.69, 9.17) is 9.15 Å². The molecule has 11 aromatic carbocycles. The highest BCUT2D eigenvalue weighted by Crippen LogP contribution is 2.41. The fraction of sp³-hybridized carbons (Fsp3) is 0.0145. The van der Waals surface area contributed by atoms with Gasteiger partial charge in [0.25, 0.3) is 0 Å². The van der Waals surface area contributed by atoms with Crippen LogP contribution in [0.5, 0.6) is 11.5 Å². The second-order valence-corrected chi connectivity index (χ2v) is 20.3. The Hall–Kier alpha value is -9.01. The molecule has 0 aliphatic rings. The second-order valence-electron chi connectivity index (χ2n) is 18.1. The summed E-state index contributed by atoms with van der Waals surface area (Å²) in [5.41, 5.74) is 14.2. The number of hydrogen-bond donors (Lipinski definition) is 0. The van der Waals surface area contributed by atoms with E-state index in [1.165, 1.54) is 37.7 Å². The molecule has 0 amide bonds. The van der Waals surface area contributed by atoms with Gasteiger partial charge in [-0.2, -0.15) is 0 Å². The van der Waals surface area contributed by atoms with Crippen LogP contribution < -0.4 is 20.7 Å². The lowest BCUT2D eigenvalue weighted by Gasteiger charge is -2.19. The van der Waals surface area contributed by atoms with Crippen molar-refractivity contribution in [3.8, 4) is 61.7 Å². The molecule has 73 heavy (non-hydrogen) atoms. The zero-order valence-electron chi connectivity index (χ0n) is 40.4. The first kappa shape index (κ1) is 45.1. The number of furan rings is 1. The van der Waals surface area contributed by atoms with Gasteiger partial charge in [0.05, 0.1) is 11.0 Å². The zero-order valence-corrected chi connectivity index (χ0v) is 41.3. The van der Waals surface area contributed by atoms with Crippen LogP contribution in [0.15, 0.2) is 284 Å². The van der Waals surface area contributed by atoms with Crippen molar-refractivity contribution in [3.63, 3.8) is 0 Å². The maximum atomic E-state index is 6.78. The lowest BCUT2D eigenvalue weighted by Crippen LogP contribution is -2.20. The summed E-state index contributed by atoms with van der Waals surface area (Å²) in [6.07, 6.45) is 1.75. The number of hydrogen-bond acceptors (Lipinski definition) is 2. The quantitative estimate of drug-likeness (QED) is 0.101. The van der Waals surface area contributed by atoms with Crippen molar-refractivity contribution < 1.29 is 9.15 Å². The molecular formula is C69H50NO2P. The molecule has 0 radical (unpaired) electrons. The van der Waals surface area contributed by atoms with Crippen LogP contribution >= 0.6 is 7.92 Å². The molecule has 0 aliphatic carbocycles. The van der Waals surface area contributed by atoms with Crippen molar-refractivity contribution in [2.75, 3.05) is 0 Å². The van der Waals surface area contributed by atoms with Crippen LogP contribution in [0.4, 0.5) is 0 Å². The van der Waals surface area contributed by atoms with Crippen LogP contribution in [0.2, 0.25) is 0 Å². The fourth-order valence-corrected chi connectivity index (χ4v) is 12.4. The first-order chi connectivity index (χ1) is 36.1. The van der Waals surface area contributed by atoms with E-state index in [0.717, 1.165) is 83.6 Å². The van der Waals surface area contributed by atoms with Crippen LogP contribution in [-0.4, -0.2) is 4.57 Å². The molecule has 0 unspecified atom stereocenters. The SMILES string of the molecule is C=CC.c1ccc(Oc2cccc(-c3cccc(-c4cccc(-c5ccc6oc7c(-c8cccc(-n9c%10ccccc%10c%10cc(P(c%11ccccc%11)c%11ccccc%11)ccc%109)c8)cccc7c6c5)c4)c3)c2)cc1. The average Bonchev–Trinajstić information content (AvgIpc) is 4.00. The molecule has 348 valence electrons. The average molecular weight is 956 g/mol. The molecule has 0 N–H and O–H groups in total. The Kier molecular flexibility index (Phi) is 12.4. The summed E-state index contributed by atoms with van der Waals surface area (Å²) in [4.78, 5) is 0. The van der Waals surface area contributed by atoms with Gasteiger partial charge >= 0.3 is 0 Å². The summed E-state index contributed by atoms with van der Waals surface area (Å²) in [7, 11) is -0.746. The van der Waals surface area contributed by atoms with Gasteiger partial charge in [0.15, 0.2) is 0 Å². The summed E-state index contributed by atoms with van der Waals surface area (Å²) in [5, 5.41) is 8.71. The van der Waals surface area contributed by atoms with Crippen LogP contribution in [0.25, 0.3) is 93.9 Å². The van der Waals surface area contributed by atoms with E-state index in [1.54, 1.807) is 6.08 Å². The van der Waals surface area contributed by atoms with E-state index in [9.17, 15) is 0 Å². The van der Waals surface area contributed by atoms with Gasteiger partial charge in [0, 0.05) is 32.8 Å². The predicted molar refractivity (Wildman–Crippen MR) is 311 cm³/mol. The topological polar surface area (TPSA) is 27.3 Å². The monoisotopic (exact) mass is 955 g/mol. The number of ether oxygens (including phenoxy) is 1. The lowest BCUT2D eigenvalue weighted by atomic mass is 9.95. The maximum Gasteiger partial charge on any atom is 0.143 e. The summed E-state index contributed by atoms with van der Waals surface area (Å²) >= 11 is 0. The van der Waals surface area contributed by atoms with Gasteiger partial charge in [-0.05, 0) is 149 Å². The van der Waals surface area contributed by atoms with Gasteiger partial charge in [0.1, 0.15) is 22.7 Å². The minimum absolute atomic E-state index is 0.746. The normalized spacial score (nSPS) is 11.3. The highest BCUT2D eigenvalue weighted by molar-refractivity contribution is 7.79. The summed E-state index contributed by atoms with van der Waals surface area (Å²) in [6.45, 7) is 5.25. The van der Waals surface area contributed by atoms with Gasteiger partial charge in [-0.15, -0.1) is 6.58 Å². The molecule has 13 aromatic rings. The zero-order chi connectivity index (χ0) is 49.1. The van der Waals surface area contributed by atoms with Crippen LogP contribution in [0.1, 0.15) is 6.92 Å². The van der Waals surface area contributed by atoms with Crippen molar-refractivity contribution >= 4 is 67.6 Å². The molecule has 3 nitrogen and oxygen atoms in total. The molecule has 0 saturated heterocycles. The number of nitrogens with zero attached hydrogens (tertiary/aromatic N) is 1. The number of rotatable bonds is 10. The standard InChI is InChI=1S/C66H44NO2P.C3H6/c1-4-24-53(25-5-1)68-54-26-15-21-49(42-54)47-19-12-17-45(39-47)46-18-13-20-48(40-46)50-35-38-65-62(43-50)60-33-16-32-58(66(60)69-65)51-22-14-23-52(41-51)67-63-34-11-10-31-59(63)61-44-57(36-37-64(61)67)70(55-27-6-2-7-28-55)56-29-8-3-9-30-56;1-3-2/h1-44H;3H,1H2,2H3. The first-order valence-electron chi connectivity index (χ1n) is 24.7. The number of aromatic nitrogens is 1. The van der Waals surface area contributed by atoms with E-state index in [-0.39, 0.29) is 0 Å². The Labute approximate surface area is 427 Å². The summed E-state index contributed by atoms with van der Waals surface area (Å²) in [6, 6.07) is 95.5. The third-order valence-electron chi connectivity index (χ3n) is 13.4. The van der Waals surface area contributed by atoms with Gasteiger partial charge in [-0.3, -0.25) is 0 Å². The molecule has 0 fully saturated rings. The molecule has 2 aromatic heterocycles. The van der Waals surface area contributed by atoms with Gasteiger partial charge < -0.3 is 13.7 Å². The number of allylic oxidation sites excluding steroid dienone is 1. The third-order valence-corrected chi connectivity index (χ3v) is 15.8. The number of para-hydroxylation sites is 3. The van der Waals surface area contributed by atoms with Crippen molar-refractivity contribution in [3.05, 3.63) is 280 Å². The maximum absolute atomic E-state index is 6.78. The van der Waals surface area contributed by atoms with Gasteiger partial charge in [0.2, 0.25) is 0 Å². The Morgan fingerprint density at radius 1 is 0.384 bits per heavy atom. The second kappa shape index (κ2) is 20.0. The van der Waals surface area contributed by atoms with Crippen LogP contribution in [0, 0.1) is 0 Å². The largest absolute Gasteiger partial charge is 0.457 e. The highest BCUT2D eigenvalue weighted by Gasteiger charge is 2.21. The van der Waals surface area contributed by atoms with E-state index in [1.807, 2.05) is 49.4 Å². The van der Waals surface area contributed by atoms with E-state index < -0.39 is 7.92 Å². The molecule has 0 aliphatic heterocycles. The smallest absolute Gasteiger partial charge is 0.143 e. The van der Waals surface area contributed by atoms with Crippen molar-refractivity contribution in [1.29, 1.82) is 0 Å². The predicted octanol–water partition coefficient (Wildman–Crippen LogP) is 18.1. The third kappa shape index (κ3) is 8.93. The summed E-state index contributed by atoms with van der Waals surface area (Å²) < 4.78 is 15.4. The minimum Gasteiger partial charge on any atom is -0.457 e. The molecule has 2 heterocycles. The Balaban J connectivity index is 0.00000177.